The molecule has 26 heavy (non-hydrogen) atoms. The molecule has 0 unspecified atom stereocenters. The number of amides is 3. The molecule has 0 bridgehead atoms. The molecule has 4 rings (SSSR count). The van der Waals surface area contributed by atoms with Gasteiger partial charge in [0, 0.05) is 17.4 Å². The summed E-state index contributed by atoms with van der Waals surface area (Å²) in [6.45, 7) is 4.18. The maximum Gasteiger partial charge on any atom is 0.346 e. The van der Waals surface area contributed by atoms with Gasteiger partial charge in [0.15, 0.2) is 0 Å². The molecule has 0 radical (unpaired) electrons. The third kappa shape index (κ3) is 2.60. The monoisotopic (exact) mass is 353 g/mol. The average molecular weight is 353 g/mol. The third-order valence-corrected chi connectivity index (χ3v) is 5.60. The Bertz CT molecular complexity index is 891. The molecule has 1 N–H and O–H groups in total. The number of carbonyl (C=O) groups excluding carboxylic acids is 2. The Balaban J connectivity index is 1.63. The number of imide groups is 1. The number of aryl methyl sites for hydroxylation is 1. The highest BCUT2D eigenvalue weighted by Gasteiger charge is 2.52. The summed E-state index contributed by atoms with van der Waals surface area (Å²) in [5.41, 5.74) is 0.829. The van der Waals surface area contributed by atoms with Crippen LogP contribution >= 0.6 is 0 Å². The Labute approximate surface area is 152 Å². The summed E-state index contributed by atoms with van der Waals surface area (Å²) in [6, 6.07) is 7.26. The van der Waals surface area contributed by atoms with Gasteiger partial charge in [0.25, 0.3) is 5.91 Å². The van der Waals surface area contributed by atoms with Gasteiger partial charge in [-0.05, 0) is 37.7 Å². The second-order valence-corrected chi connectivity index (χ2v) is 7.34. The number of para-hydroxylation sites is 1. The molecular weight excluding hydrogens is 330 g/mol. The van der Waals surface area contributed by atoms with Crippen LogP contribution in [0, 0.1) is 5.92 Å². The van der Waals surface area contributed by atoms with Crippen LogP contribution in [0.15, 0.2) is 33.8 Å². The number of hydrazone groups is 1. The molecule has 136 valence electrons. The van der Waals surface area contributed by atoms with Crippen molar-refractivity contribution in [1.82, 2.24) is 10.3 Å². The lowest BCUT2D eigenvalue weighted by atomic mass is 9.77. The van der Waals surface area contributed by atoms with Crippen molar-refractivity contribution in [2.75, 3.05) is 0 Å². The number of carbonyl (C=O) groups is 2. The predicted molar refractivity (Wildman–Crippen MR) is 98.9 cm³/mol. The van der Waals surface area contributed by atoms with Crippen LogP contribution in [-0.2, 0) is 11.2 Å². The third-order valence-electron chi connectivity index (χ3n) is 5.60. The first-order valence-corrected chi connectivity index (χ1v) is 9.25. The molecule has 2 heterocycles. The molecule has 1 aliphatic carbocycles. The number of fused-ring (bicyclic) bond motifs is 1. The van der Waals surface area contributed by atoms with Gasteiger partial charge in [-0.2, -0.15) is 5.10 Å². The number of nitrogens with one attached hydrogen (secondary N) is 1. The quantitative estimate of drug-likeness (QED) is 0.673. The second-order valence-electron chi connectivity index (χ2n) is 7.34. The van der Waals surface area contributed by atoms with E-state index in [0.717, 1.165) is 40.1 Å². The lowest BCUT2D eigenvalue weighted by Crippen LogP contribution is -2.49. The molecule has 1 spiro atoms. The first-order valence-electron chi connectivity index (χ1n) is 9.25. The highest BCUT2D eigenvalue weighted by molar-refractivity contribution is 6.08. The van der Waals surface area contributed by atoms with E-state index in [4.69, 9.17) is 4.42 Å². The molecule has 1 saturated carbocycles. The highest BCUT2D eigenvalue weighted by Crippen LogP contribution is 2.36. The van der Waals surface area contributed by atoms with Crippen molar-refractivity contribution in [1.29, 1.82) is 0 Å². The number of nitrogens with zero attached hydrogens (tertiary/aromatic N) is 2. The molecule has 3 amide bonds. The number of rotatable bonds is 3. The Hall–Kier alpha value is -2.63. The van der Waals surface area contributed by atoms with Crippen LogP contribution in [0.5, 0.6) is 0 Å². The van der Waals surface area contributed by atoms with Crippen molar-refractivity contribution >= 4 is 29.1 Å². The number of benzene rings is 1. The second kappa shape index (κ2) is 6.27. The molecule has 6 nitrogen and oxygen atoms in total. The number of hydrogen-bond donors (Lipinski definition) is 1. The maximum atomic E-state index is 12.9. The van der Waals surface area contributed by atoms with E-state index in [9.17, 15) is 9.59 Å². The standard InChI is InChI=1S/C20H23N3O3/c1-3-16-15(14-6-4-5-7-17(14)26-16)12-21-23-18(24)20(22-19(23)25)10-8-13(2)9-11-20/h4-7,12-13H,3,8-11H2,1-2H3,(H,22,25). The van der Waals surface area contributed by atoms with Crippen molar-refractivity contribution in [3.8, 4) is 0 Å². The van der Waals surface area contributed by atoms with E-state index in [1.807, 2.05) is 31.2 Å². The van der Waals surface area contributed by atoms with Gasteiger partial charge in [0.1, 0.15) is 16.9 Å². The fourth-order valence-corrected chi connectivity index (χ4v) is 3.94. The van der Waals surface area contributed by atoms with E-state index in [1.54, 1.807) is 6.21 Å². The van der Waals surface area contributed by atoms with Gasteiger partial charge in [-0.3, -0.25) is 4.79 Å². The minimum Gasteiger partial charge on any atom is -0.460 e. The first-order chi connectivity index (χ1) is 12.5. The van der Waals surface area contributed by atoms with Crippen molar-refractivity contribution < 1.29 is 14.0 Å². The summed E-state index contributed by atoms with van der Waals surface area (Å²) in [5.74, 6) is 1.15. The number of furan rings is 1. The molecular formula is C20H23N3O3. The molecule has 1 aromatic carbocycles. The number of hydrogen-bond acceptors (Lipinski definition) is 4. The summed E-state index contributed by atoms with van der Waals surface area (Å²) < 4.78 is 5.84. The van der Waals surface area contributed by atoms with Crippen LogP contribution in [0.2, 0.25) is 0 Å². The zero-order valence-corrected chi connectivity index (χ0v) is 15.1. The van der Waals surface area contributed by atoms with Gasteiger partial charge in [-0.25, -0.2) is 4.79 Å². The van der Waals surface area contributed by atoms with Crippen LogP contribution in [-0.4, -0.2) is 28.7 Å². The van der Waals surface area contributed by atoms with Gasteiger partial charge in [0.2, 0.25) is 0 Å². The van der Waals surface area contributed by atoms with Crippen molar-refractivity contribution in [2.24, 2.45) is 11.0 Å². The van der Waals surface area contributed by atoms with Crippen molar-refractivity contribution in [3.63, 3.8) is 0 Å². The zero-order chi connectivity index (χ0) is 18.3. The zero-order valence-electron chi connectivity index (χ0n) is 15.1. The van der Waals surface area contributed by atoms with Crippen molar-refractivity contribution in [2.45, 2.75) is 51.5 Å². The van der Waals surface area contributed by atoms with Crippen LogP contribution in [0.3, 0.4) is 0 Å². The molecule has 1 aliphatic heterocycles. The number of urea groups is 1. The molecule has 0 atom stereocenters. The molecule has 1 aromatic heterocycles. The maximum absolute atomic E-state index is 12.9. The summed E-state index contributed by atoms with van der Waals surface area (Å²) >= 11 is 0. The first kappa shape index (κ1) is 16.8. The van der Waals surface area contributed by atoms with E-state index >= 15 is 0 Å². The average Bonchev–Trinajstić information content (AvgIpc) is 3.12. The fourth-order valence-electron chi connectivity index (χ4n) is 3.94. The lowest BCUT2D eigenvalue weighted by Gasteiger charge is -2.33. The van der Waals surface area contributed by atoms with E-state index in [2.05, 4.69) is 17.3 Å². The normalized spacial score (nSPS) is 26.4. The van der Waals surface area contributed by atoms with E-state index in [1.165, 1.54) is 0 Å². The van der Waals surface area contributed by atoms with E-state index in [-0.39, 0.29) is 5.91 Å². The summed E-state index contributed by atoms with van der Waals surface area (Å²) in [5, 5.41) is 9.04. The van der Waals surface area contributed by atoms with Gasteiger partial charge in [-0.1, -0.05) is 32.0 Å². The molecule has 2 fully saturated rings. The predicted octanol–water partition coefficient (Wildman–Crippen LogP) is 3.83. The van der Waals surface area contributed by atoms with E-state index < -0.39 is 11.6 Å². The Morgan fingerprint density at radius 2 is 2.04 bits per heavy atom. The topological polar surface area (TPSA) is 74.9 Å². The van der Waals surface area contributed by atoms with Gasteiger partial charge in [-0.15, -0.1) is 5.01 Å². The van der Waals surface area contributed by atoms with Crippen LogP contribution in [0.25, 0.3) is 11.0 Å². The van der Waals surface area contributed by atoms with E-state index in [0.29, 0.717) is 25.2 Å². The summed E-state index contributed by atoms with van der Waals surface area (Å²) in [7, 11) is 0. The molecule has 1 saturated heterocycles. The minimum absolute atomic E-state index is 0.239. The largest absolute Gasteiger partial charge is 0.460 e. The molecule has 2 aromatic rings. The SMILES string of the molecule is CCc1oc2ccccc2c1C=NN1C(=O)NC2(CCC(C)CC2)C1=O. The summed E-state index contributed by atoms with van der Waals surface area (Å²) in [4.78, 5) is 25.3. The van der Waals surface area contributed by atoms with Crippen LogP contribution in [0.1, 0.15) is 50.9 Å². The Kier molecular flexibility index (Phi) is 4.05. The van der Waals surface area contributed by atoms with Crippen molar-refractivity contribution in [3.05, 3.63) is 35.6 Å². The van der Waals surface area contributed by atoms with Crippen LogP contribution in [0.4, 0.5) is 4.79 Å². The minimum atomic E-state index is -0.771. The lowest BCUT2D eigenvalue weighted by molar-refractivity contribution is -0.132. The highest BCUT2D eigenvalue weighted by atomic mass is 16.3. The van der Waals surface area contributed by atoms with Crippen LogP contribution < -0.4 is 5.32 Å². The molecule has 6 heteroatoms. The summed E-state index contributed by atoms with van der Waals surface area (Å²) in [6.07, 6.45) is 5.52. The Morgan fingerprint density at radius 1 is 1.31 bits per heavy atom. The smallest absolute Gasteiger partial charge is 0.346 e. The van der Waals surface area contributed by atoms with Gasteiger partial charge >= 0.3 is 6.03 Å². The molecule has 2 aliphatic rings. The Morgan fingerprint density at radius 3 is 2.77 bits per heavy atom. The van der Waals surface area contributed by atoms with Gasteiger partial charge in [0.05, 0.1) is 6.21 Å². The van der Waals surface area contributed by atoms with Gasteiger partial charge < -0.3 is 9.73 Å². The fraction of sp³-hybridized carbons (Fsp3) is 0.450.